The zero-order valence-electron chi connectivity index (χ0n) is 7.86. The van der Waals surface area contributed by atoms with Crippen LogP contribution in [0.3, 0.4) is 0 Å². The van der Waals surface area contributed by atoms with Gasteiger partial charge >= 0.3 is 0 Å². The quantitative estimate of drug-likeness (QED) is 0.859. The Bertz CT molecular complexity index is 291. The Morgan fingerprint density at radius 1 is 1.64 bits per heavy atom. The number of amides is 1. The molecule has 1 aromatic rings. The van der Waals surface area contributed by atoms with Crippen molar-refractivity contribution in [3.63, 3.8) is 0 Å². The van der Waals surface area contributed by atoms with Crippen LogP contribution in [-0.2, 0) is 0 Å². The average molecular weight is 227 g/mol. The Kier molecular flexibility index (Phi) is 3.48. The van der Waals surface area contributed by atoms with E-state index in [0.717, 1.165) is 11.4 Å². The Morgan fingerprint density at radius 2 is 2.57 bits per heavy atom. The van der Waals surface area contributed by atoms with Gasteiger partial charge in [-0.25, -0.2) is 0 Å². The Labute approximate surface area is 92.1 Å². The summed E-state index contributed by atoms with van der Waals surface area (Å²) in [7, 11) is 0. The van der Waals surface area contributed by atoms with Gasteiger partial charge in [-0.05, 0) is 30.0 Å². The van der Waals surface area contributed by atoms with Gasteiger partial charge < -0.3 is 5.32 Å². The molecule has 0 saturated carbocycles. The number of thiophene rings is 1. The summed E-state index contributed by atoms with van der Waals surface area (Å²) in [4.78, 5) is 12.4. The van der Waals surface area contributed by atoms with E-state index in [1.807, 2.05) is 29.3 Å². The number of thioether (sulfide) groups is 1. The molecule has 0 aromatic carbocycles. The minimum Gasteiger partial charge on any atom is -0.350 e. The van der Waals surface area contributed by atoms with Gasteiger partial charge in [0.2, 0.25) is 0 Å². The zero-order chi connectivity index (χ0) is 9.80. The van der Waals surface area contributed by atoms with Crippen LogP contribution in [0.2, 0.25) is 0 Å². The number of rotatable bonds is 3. The monoisotopic (exact) mass is 227 g/mol. The first-order valence-corrected chi connectivity index (χ1v) is 6.72. The first kappa shape index (κ1) is 10.1. The fraction of sp³-hybridized carbons (Fsp3) is 0.500. The fourth-order valence-electron chi connectivity index (χ4n) is 1.51. The van der Waals surface area contributed by atoms with Crippen LogP contribution in [0, 0.1) is 0 Å². The molecule has 1 amide bonds. The van der Waals surface area contributed by atoms with E-state index in [9.17, 15) is 4.79 Å². The summed E-state index contributed by atoms with van der Waals surface area (Å²) >= 11 is 3.46. The highest BCUT2D eigenvalue weighted by atomic mass is 32.2. The molecule has 1 saturated heterocycles. The van der Waals surface area contributed by atoms with Crippen LogP contribution in [0.25, 0.3) is 0 Å². The lowest BCUT2D eigenvalue weighted by atomic mass is 10.2. The first-order valence-electron chi connectivity index (χ1n) is 4.79. The Balaban J connectivity index is 1.78. The van der Waals surface area contributed by atoms with Gasteiger partial charge in [-0.1, -0.05) is 6.07 Å². The van der Waals surface area contributed by atoms with Crippen molar-refractivity contribution < 1.29 is 4.79 Å². The number of nitrogens with one attached hydrogen (secondary N) is 1. The first-order chi connectivity index (χ1) is 6.86. The molecule has 1 aromatic heterocycles. The van der Waals surface area contributed by atoms with Gasteiger partial charge in [-0.2, -0.15) is 11.8 Å². The Morgan fingerprint density at radius 3 is 3.21 bits per heavy atom. The number of carbonyl (C=O) groups excluding carboxylic acids is 1. The predicted octanol–water partition coefficient (Wildman–Crippen LogP) is 2.37. The minimum absolute atomic E-state index is 0.0764. The van der Waals surface area contributed by atoms with E-state index in [-0.39, 0.29) is 5.91 Å². The highest BCUT2D eigenvalue weighted by molar-refractivity contribution is 8.00. The summed E-state index contributed by atoms with van der Waals surface area (Å²) in [5, 5.41) is 5.55. The molecule has 2 nitrogen and oxygen atoms in total. The maximum atomic E-state index is 11.6. The molecule has 1 N–H and O–H groups in total. The second kappa shape index (κ2) is 4.84. The summed E-state index contributed by atoms with van der Waals surface area (Å²) in [5.74, 6) is 1.33. The molecule has 4 heteroatoms. The molecule has 0 bridgehead atoms. The third-order valence-corrected chi connectivity index (χ3v) is 4.53. The standard InChI is InChI=1S/C10H13NOS2/c12-10(9-4-2-6-14-9)11-7-8-3-1-5-13-8/h2,4,6,8H,1,3,5,7H2,(H,11,12). The van der Waals surface area contributed by atoms with E-state index in [4.69, 9.17) is 0 Å². The van der Waals surface area contributed by atoms with Crippen LogP contribution >= 0.6 is 23.1 Å². The number of hydrogen-bond acceptors (Lipinski definition) is 3. The third-order valence-electron chi connectivity index (χ3n) is 2.26. The number of hydrogen-bond donors (Lipinski definition) is 1. The van der Waals surface area contributed by atoms with Gasteiger partial charge in [-0.15, -0.1) is 11.3 Å². The van der Waals surface area contributed by atoms with Crippen molar-refractivity contribution in [3.8, 4) is 0 Å². The maximum absolute atomic E-state index is 11.6. The molecule has 2 heterocycles. The van der Waals surface area contributed by atoms with E-state index < -0.39 is 0 Å². The lowest BCUT2D eigenvalue weighted by molar-refractivity contribution is 0.0958. The zero-order valence-corrected chi connectivity index (χ0v) is 9.50. The van der Waals surface area contributed by atoms with E-state index in [0.29, 0.717) is 5.25 Å². The molecule has 2 rings (SSSR count). The summed E-state index contributed by atoms with van der Waals surface area (Å²) in [6, 6.07) is 3.77. The smallest absolute Gasteiger partial charge is 0.261 e. The predicted molar refractivity (Wildman–Crippen MR) is 62.1 cm³/mol. The van der Waals surface area contributed by atoms with Crippen molar-refractivity contribution >= 4 is 29.0 Å². The topological polar surface area (TPSA) is 29.1 Å². The lowest BCUT2D eigenvalue weighted by Crippen LogP contribution is -2.29. The molecule has 1 atom stereocenters. The van der Waals surface area contributed by atoms with Crippen molar-refractivity contribution in [1.82, 2.24) is 5.32 Å². The highest BCUT2D eigenvalue weighted by Crippen LogP contribution is 2.25. The molecule has 1 aliphatic rings. The van der Waals surface area contributed by atoms with E-state index in [1.165, 1.54) is 29.9 Å². The van der Waals surface area contributed by atoms with Crippen molar-refractivity contribution in [2.24, 2.45) is 0 Å². The molecule has 76 valence electrons. The van der Waals surface area contributed by atoms with Crippen molar-refractivity contribution in [2.75, 3.05) is 12.3 Å². The maximum Gasteiger partial charge on any atom is 0.261 e. The van der Waals surface area contributed by atoms with E-state index in [2.05, 4.69) is 5.32 Å². The molecule has 0 spiro atoms. The molecule has 1 fully saturated rings. The van der Waals surface area contributed by atoms with Crippen LogP contribution in [-0.4, -0.2) is 23.5 Å². The third kappa shape index (κ3) is 2.51. The van der Waals surface area contributed by atoms with Crippen LogP contribution < -0.4 is 5.32 Å². The lowest BCUT2D eigenvalue weighted by Gasteiger charge is -2.08. The largest absolute Gasteiger partial charge is 0.350 e. The molecule has 1 aliphatic heterocycles. The second-order valence-corrected chi connectivity index (χ2v) is 5.68. The van der Waals surface area contributed by atoms with Gasteiger partial charge in [0.05, 0.1) is 4.88 Å². The van der Waals surface area contributed by atoms with Crippen molar-refractivity contribution in [1.29, 1.82) is 0 Å². The van der Waals surface area contributed by atoms with Crippen LogP contribution in [0.4, 0.5) is 0 Å². The SMILES string of the molecule is O=C(NCC1CCCS1)c1cccs1. The van der Waals surface area contributed by atoms with Gasteiger partial charge in [-0.3, -0.25) is 4.79 Å². The molecule has 14 heavy (non-hydrogen) atoms. The van der Waals surface area contributed by atoms with Crippen LogP contribution in [0.1, 0.15) is 22.5 Å². The molecule has 1 unspecified atom stereocenters. The van der Waals surface area contributed by atoms with Gasteiger partial charge in [0, 0.05) is 11.8 Å². The number of carbonyl (C=O) groups is 1. The van der Waals surface area contributed by atoms with Gasteiger partial charge in [0.15, 0.2) is 0 Å². The normalized spacial score (nSPS) is 21.0. The van der Waals surface area contributed by atoms with E-state index in [1.54, 1.807) is 0 Å². The highest BCUT2D eigenvalue weighted by Gasteiger charge is 2.16. The summed E-state index contributed by atoms with van der Waals surface area (Å²) in [6.07, 6.45) is 2.54. The average Bonchev–Trinajstić information content (AvgIpc) is 2.87. The van der Waals surface area contributed by atoms with Crippen molar-refractivity contribution in [3.05, 3.63) is 22.4 Å². The summed E-state index contributed by atoms with van der Waals surface area (Å²) in [6.45, 7) is 0.821. The molecule has 0 radical (unpaired) electrons. The van der Waals surface area contributed by atoms with Crippen LogP contribution in [0.15, 0.2) is 17.5 Å². The molecular weight excluding hydrogens is 214 g/mol. The molecular formula is C10H13NOS2. The minimum atomic E-state index is 0.0764. The second-order valence-electron chi connectivity index (χ2n) is 3.32. The summed E-state index contributed by atoms with van der Waals surface area (Å²) < 4.78 is 0. The van der Waals surface area contributed by atoms with Crippen molar-refractivity contribution in [2.45, 2.75) is 18.1 Å². The molecule has 0 aliphatic carbocycles. The van der Waals surface area contributed by atoms with E-state index >= 15 is 0 Å². The van der Waals surface area contributed by atoms with Crippen LogP contribution in [0.5, 0.6) is 0 Å². The van der Waals surface area contributed by atoms with Gasteiger partial charge in [0.1, 0.15) is 0 Å². The summed E-state index contributed by atoms with van der Waals surface area (Å²) in [5.41, 5.74) is 0. The van der Waals surface area contributed by atoms with Gasteiger partial charge in [0.25, 0.3) is 5.91 Å². The fourth-order valence-corrected chi connectivity index (χ4v) is 3.35. The Hall–Kier alpha value is -0.480.